The van der Waals surface area contributed by atoms with Gasteiger partial charge in [-0.15, -0.1) is 11.3 Å². The molecule has 0 N–H and O–H groups in total. The van der Waals surface area contributed by atoms with Crippen molar-refractivity contribution in [3.8, 4) is 5.75 Å². The molecule has 0 unspecified atom stereocenters. The largest absolute Gasteiger partial charge is 0.487 e. The average molecular weight is 356 g/mol. The standard InChI is InChI=1S/C20H24N2O2S/c23-19-7-4-12-22(19)17-8-10-18(11-9-17)24-13-16-14-25-20(21-16)15-5-2-1-3-6-15/h8-11,14-15H,1-7,12-13H2. The molecule has 132 valence electrons. The number of aromatic nitrogens is 1. The number of hydrogen-bond acceptors (Lipinski definition) is 4. The molecule has 0 atom stereocenters. The number of carbonyl (C=O) groups is 1. The quantitative estimate of drug-likeness (QED) is 0.765. The number of rotatable bonds is 5. The number of benzene rings is 1. The highest BCUT2D eigenvalue weighted by molar-refractivity contribution is 7.09. The zero-order chi connectivity index (χ0) is 17.1. The fourth-order valence-electron chi connectivity index (χ4n) is 3.73. The van der Waals surface area contributed by atoms with Gasteiger partial charge in [-0.05, 0) is 43.5 Å². The molecular weight excluding hydrogens is 332 g/mol. The minimum atomic E-state index is 0.214. The molecule has 1 aliphatic carbocycles. The minimum absolute atomic E-state index is 0.214. The van der Waals surface area contributed by atoms with Crippen molar-refractivity contribution in [2.24, 2.45) is 0 Å². The molecule has 1 aromatic carbocycles. The summed E-state index contributed by atoms with van der Waals surface area (Å²) in [4.78, 5) is 18.4. The maximum atomic E-state index is 11.8. The number of nitrogens with zero attached hydrogens (tertiary/aromatic N) is 2. The maximum Gasteiger partial charge on any atom is 0.227 e. The van der Waals surface area contributed by atoms with E-state index in [1.54, 1.807) is 11.3 Å². The molecule has 2 aromatic rings. The van der Waals surface area contributed by atoms with Crippen molar-refractivity contribution in [1.29, 1.82) is 0 Å². The van der Waals surface area contributed by atoms with Gasteiger partial charge in [0.2, 0.25) is 5.91 Å². The Kier molecular flexibility index (Phi) is 5.02. The van der Waals surface area contributed by atoms with Crippen LogP contribution in [0.1, 0.15) is 61.6 Å². The molecule has 0 spiro atoms. The van der Waals surface area contributed by atoms with Gasteiger partial charge in [0.05, 0.1) is 10.7 Å². The van der Waals surface area contributed by atoms with E-state index >= 15 is 0 Å². The lowest BCUT2D eigenvalue weighted by atomic mass is 9.90. The van der Waals surface area contributed by atoms with Gasteiger partial charge >= 0.3 is 0 Å². The van der Waals surface area contributed by atoms with Crippen molar-refractivity contribution in [3.63, 3.8) is 0 Å². The summed E-state index contributed by atoms with van der Waals surface area (Å²) >= 11 is 1.78. The number of amides is 1. The van der Waals surface area contributed by atoms with Crippen LogP contribution in [0.5, 0.6) is 5.75 Å². The molecule has 0 bridgehead atoms. The molecular formula is C20H24N2O2S. The van der Waals surface area contributed by atoms with Crippen LogP contribution in [0.3, 0.4) is 0 Å². The van der Waals surface area contributed by atoms with E-state index in [1.807, 2.05) is 29.2 Å². The third kappa shape index (κ3) is 3.87. The molecule has 1 saturated carbocycles. The summed E-state index contributed by atoms with van der Waals surface area (Å²) in [7, 11) is 0. The van der Waals surface area contributed by atoms with Crippen LogP contribution in [0.25, 0.3) is 0 Å². The summed E-state index contributed by atoms with van der Waals surface area (Å²) in [6.07, 6.45) is 8.21. The number of anilines is 1. The normalized spacial score (nSPS) is 18.7. The zero-order valence-electron chi connectivity index (χ0n) is 14.4. The molecule has 4 nitrogen and oxygen atoms in total. The Bertz CT molecular complexity index is 720. The fourth-order valence-corrected chi connectivity index (χ4v) is 4.70. The van der Waals surface area contributed by atoms with E-state index in [0.717, 1.165) is 30.1 Å². The van der Waals surface area contributed by atoms with Crippen LogP contribution < -0.4 is 9.64 Å². The van der Waals surface area contributed by atoms with Crippen LogP contribution in [0, 0.1) is 0 Å². The first-order valence-corrected chi connectivity index (χ1v) is 10.1. The summed E-state index contributed by atoms with van der Waals surface area (Å²) < 4.78 is 5.88. The molecule has 1 aromatic heterocycles. The second kappa shape index (κ2) is 7.56. The number of carbonyl (C=O) groups excluding carboxylic acids is 1. The van der Waals surface area contributed by atoms with Crippen molar-refractivity contribution in [2.45, 2.75) is 57.5 Å². The summed E-state index contributed by atoms with van der Waals surface area (Å²) in [5.74, 6) is 1.69. The van der Waals surface area contributed by atoms with Crippen molar-refractivity contribution >= 4 is 22.9 Å². The SMILES string of the molecule is O=C1CCCN1c1ccc(OCc2csc(C3CCCCC3)n2)cc1. The lowest BCUT2D eigenvalue weighted by molar-refractivity contribution is -0.117. The second-order valence-electron chi connectivity index (χ2n) is 6.94. The Balaban J connectivity index is 1.33. The summed E-state index contributed by atoms with van der Waals surface area (Å²) in [5.41, 5.74) is 1.98. The highest BCUT2D eigenvalue weighted by atomic mass is 32.1. The third-order valence-corrected chi connectivity index (χ3v) is 6.19. The predicted octanol–water partition coefficient (Wildman–Crippen LogP) is 4.90. The lowest BCUT2D eigenvalue weighted by Gasteiger charge is -2.18. The van der Waals surface area contributed by atoms with Gasteiger partial charge in [0.15, 0.2) is 0 Å². The molecule has 1 aliphatic heterocycles. The van der Waals surface area contributed by atoms with E-state index in [1.165, 1.54) is 37.1 Å². The van der Waals surface area contributed by atoms with Gasteiger partial charge in [-0.2, -0.15) is 0 Å². The topological polar surface area (TPSA) is 42.4 Å². The predicted molar refractivity (Wildman–Crippen MR) is 100 cm³/mol. The first-order valence-electron chi connectivity index (χ1n) is 9.27. The van der Waals surface area contributed by atoms with E-state index in [-0.39, 0.29) is 5.91 Å². The van der Waals surface area contributed by atoms with E-state index in [2.05, 4.69) is 5.38 Å². The van der Waals surface area contributed by atoms with Crippen molar-refractivity contribution < 1.29 is 9.53 Å². The van der Waals surface area contributed by atoms with E-state index in [0.29, 0.717) is 18.9 Å². The third-order valence-electron chi connectivity index (χ3n) is 5.13. The Hall–Kier alpha value is -1.88. The van der Waals surface area contributed by atoms with E-state index in [4.69, 9.17) is 9.72 Å². The summed E-state index contributed by atoms with van der Waals surface area (Å²) in [5, 5.41) is 3.41. The first kappa shape index (κ1) is 16.6. The van der Waals surface area contributed by atoms with Gasteiger partial charge in [0.1, 0.15) is 12.4 Å². The Morgan fingerprint density at radius 2 is 1.92 bits per heavy atom. The minimum Gasteiger partial charge on any atom is -0.487 e. The van der Waals surface area contributed by atoms with Crippen molar-refractivity contribution in [1.82, 2.24) is 4.98 Å². The van der Waals surface area contributed by atoms with E-state index in [9.17, 15) is 4.79 Å². The molecule has 5 heteroatoms. The van der Waals surface area contributed by atoms with Gasteiger partial charge in [-0.3, -0.25) is 4.79 Å². The maximum absolute atomic E-state index is 11.8. The van der Waals surface area contributed by atoms with Crippen molar-refractivity contribution in [3.05, 3.63) is 40.3 Å². The monoisotopic (exact) mass is 356 g/mol. The molecule has 2 heterocycles. The van der Waals surface area contributed by atoms with Crippen LogP contribution >= 0.6 is 11.3 Å². The highest BCUT2D eigenvalue weighted by Gasteiger charge is 2.21. The molecule has 1 amide bonds. The average Bonchev–Trinajstić information content (AvgIpc) is 3.30. The van der Waals surface area contributed by atoms with Gasteiger partial charge in [0, 0.05) is 30.0 Å². The van der Waals surface area contributed by atoms with Gasteiger partial charge in [-0.25, -0.2) is 4.98 Å². The number of ether oxygens (including phenoxy) is 1. The Morgan fingerprint density at radius 1 is 1.12 bits per heavy atom. The molecule has 2 aliphatic rings. The van der Waals surface area contributed by atoms with Gasteiger partial charge in [-0.1, -0.05) is 19.3 Å². The zero-order valence-corrected chi connectivity index (χ0v) is 15.3. The summed E-state index contributed by atoms with van der Waals surface area (Å²) in [6, 6.07) is 7.81. The van der Waals surface area contributed by atoms with Crippen LogP contribution in [0.15, 0.2) is 29.6 Å². The molecule has 1 saturated heterocycles. The number of thiazole rings is 1. The van der Waals surface area contributed by atoms with Crippen LogP contribution in [-0.4, -0.2) is 17.4 Å². The van der Waals surface area contributed by atoms with Gasteiger partial charge < -0.3 is 9.64 Å². The molecule has 0 radical (unpaired) electrons. The van der Waals surface area contributed by atoms with Crippen LogP contribution in [0.2, 0.25) is 0 Å². The van der Waals surface area contributed by atoms with Crippen LogP contribution in [0.4, 0.5) is 5.69 Å². The lowest BCUT2D eigenvalue weighted by Crippen LogP contribution is -2.23. The first-order chi connectivity index (χ1) is 12.3. The van der Waals surface area contributed by atoms with Crippen molar-refractivity contribution in [2.75, 3.05) is 11.4 Å². The molecule has 4 rings (SSSR count). The second-order valence-corrected chi connectivity index (χ2v) is 7.83. The Labute approximate surface area is 152 Å². The number of hydrogen-bond donors (Lipinski definition) is 0. The highest BCUT2D eigenvalue weighted by Crippen LogP contribution is 2.34. The van der Waals surface area contributed by atoms with Crippen LogP contribution in [-0.2, 0) is 11.4 Å². The summed E-state index contributed by atoms with van der Waals surface area (Å²) in [6.45, 7) is 1.33. The Morgan fingerprint density at radius 3 is 2.64 bits per heavy atom. The fraction of sp³-hybridized carbons (Fsp3) is 0.500. The molecule has 25 heavy (non-hydrogen) atoms. The molecule has 2 fully saturated rings. The van der Waals surface area contributed by atoms with Gasteiger partial charge in [0.25, 0.3) is 0 Å². The smallest absolute Gasteiger partial charge is 0.227 e. The van der Waals surface area contributed by atoms with E-state index < -0.39 is 0 Å².